The third kappa shape index (κ3) is 3.02. The molecule has 2 aromatic rings. The number of hydrogen-bond acceptors (Lipinski definition) is 1. The summed E-state index contributed by atoms with van der Waals surface area (Å²) >= 11 is 0. The van der Waals surface area contributed by atoms with Gasteiger partial charge in [-0.3, -0.25) is 4.79 Å². The predicted octanol–water partition coefficient (Wildman–Crippen LogP) is 1.35. The van der Waals surface area contributed by atoms with Crippen LogP contribution in [0.4, 0.5) is 0 Å². The summed E-state index contributed by atoms with van der Waals surface area (Å²) in [5.74, 6) is 0.211. The van der Waals surface area contributed by atoms with Gasteiger partial charge in [0.05, 0.1) is 38.6 Å². The van der Waals surface area contributed by atoms with Crippen molar-refractivity contribution in [1.29, 1.82) is 0 Å². The maximum Gasteiger partial charge on any atom is 0.237 e. The fourth-order valence-corrected chi connectivity index (χ4v) is 3.36. The minimum absolute atomic E-state index is 0.211. The first-order valence-electron chi connectivity index (χ1n) is 8.34. The first-order chi connectivity index (χ1) is 11.1. The summed E-state index contributed by atoms with van der Waals surface area (Å²) in [4.78, 5) is 17.0. The molecule has 1 amide bonds. The number of amides is 1. The fraction of sp³-hybridized carbons (Fsp3) is 0.350. The molecule has 1 saturated heterocycles. The third-order valence-corrected chi connectivity index (χ3v) is 5.03. The number of piperazine rings is 1. The molecule has 3 nitrogen and oxygen atoms in total. The Kier molecular flexibility index (Phi) is 4.49. The predicted molar refractivity (Wildman–Crippen MR) is 92.5 cm³/mol. The summed E-state index contributed by atoms with van der Waals surface area (Å²) in [6.45, 7) is 5.77. The molecule has 120 valence electrons. The van der Waals surface area contributed by atoms with Crippen molar-refractivity contribution in [3.63, 3.8) is 0 Å². The van der Waals surface area contributed by atoms with Crippen LogP contribution in [0.5, 0.6) is 0 Å². The van der Waals surface area contributed by atoms with Crippen LogP contribution in [0.15, 0.2) is 60.7 Å². The number of rotatable bonds is 3. The third-order valence-electron chi connectivity index (χ3n) is 5.03. The van der Waals surface area contributed by atoms with Gasteiger partial charge in [0.2, 0.25) is 5.91 Å². The van der Waals surface area contributed by atoms with E-state index in [1.54, 1.807) is 0 Å². The van der Waals surface area contributed by atoms with Gasteiger partial charge in [-0.2, -0.15) is 0 Å². The molecule has 0 bridgehead atoms. The highest BCUT2D eigenvalue weighted by molar-refractivity contribution is 5.91. The van der Waals surface area contributed by atoms with Crippen molar-refractivity contribution < 1.29 is 9.69 Å². The largest absolute Gasteiger partial charge is 0.334 e. The lowest BCUT2D eigenvalue weighted by molar-refractivity contribution is -0.883. The van der Waals surface area contributed by atoms with Crippen LogP contribution in [0.1, 0.15) is 18.1 Å². The van der Waals surface area contributed by atoms with Gasteiger partial charge in [0.1, 0.15) is 0 Å². The van der Waals surface area contributed by atoms with E-state index in [0.717, 1.165) is 37.3 Å². The second kappa shape index (κ2) is 6.55. The molecule has 0 atom stereocenters. The van der Waals surface area contributed by atoms with E-state index in [1.807, 2.05) is 41.3 Å². The zero-order valence-corrected chi connectivity index (χ0v) is 14.0. The van der Waals surface area contributed by atoms with Crippen LogP contribution in [0.3, 0.4) is 0 Å². The van der Waals surface area contributed by atoms with Crippen molar-refractivity contribution in [3.8, 4) is 0 Å². The van der Waals surface area contributed by atoms with E-state index in [-0.39, 0.29) is 5.91 Å². The number of carbonyl (C=O) groups is 1. The van der Waals surface area contributed by atoms with E-state index in [0.29, 0.717) is 0 Å². The van der Waals surface area contributed by atoms with E-state index in [2.05, 4.69) is 38.2 Å². The van der Waals surface area contributed by atoms with Gasteiger partial charge < -0.3 is 9.80 Å². The summed E-state index contributed by atoms with van der Waals surface area (Å²) in [6, 6.07) is 20.3. The van der Waals surface area contributed by atoms with Crippen LogP contribution in [0, 0.1) is 0 Å². The maximum atomic E-state index is 13.4. The van der Waals surface area contributed by atoms with Gasteiger partial charge in [-0.25, -0.2) is 0 Å². The molecular weight excluding hydrogens is 284 g/mol. The fourth-order valence-electron chi connectivity index (χ4n) is 3.36. The summed E-state index contributed by atoms with van der Waals surface area (Å²) in [5, 5.41) is 0. The van der Waals surface area contributed by atoms with Crippen LogP contribution in [0.25, 0.3) is 0 Å². The van der Waals surface area contributed by atoms with Crippen molar-refractivity contribution in [2.75, 3.05) is 33.2 Å². The van der Waals surface area contributed by atoms with Gasteiger partial charge in [-0.05, 0) is 18.1 Å². The zero-order chi connectivity index (χ0) is 16.3. The number of nitrogens with one attached hydrogen (secondary N) is 1. The van der Waals surface area contributed by atoms with Crippen molar-refractivity contribution in [3.05, 3.63) is 71.8 Å². The number of quaternary nitrogens is 1. The normalized spacial score (nSPS) is 16.3. The lowest BCUT2D eigenvalue weighted by atomic mass is 9.75. The average Bonchev–Trinajstić information content (AvgIpc) is 2.62. The standard InChI is InChI=1S/C20H24N2O/c1-20(17-9-5-3-6-10-17,18-11-7-4-8-12-18)19(23)22-15-13-21(2)14-16-22/h3-12H,13-16H2,1-2H3/p+1. The molecule has 23 heavy (non-hydrogen) atoms. The Bertz CT molecular complexity index is 606. The molecule has 0 spiro atoms. The van der Waals surface area contributed by atoms with E-state index >= 15 is 0 Å². The maximum absolute atomic E-state index is 13.4. The smallest absolute Gasteiger partial charge is 0.237 e. The van der Waals surface area contributed by atoms with Gasteiger partial charge >= 0.3 is 0 Å². The first-order valence-corrected chi connectivity index (χ1v) is 8.34. The van der Waals surface area contributed by atoms with E-state index < -0.39 is 5.41 Å². The van der Waals surface area contributed by atoms with Crippen molar-refractivity contribution in [2.45, 2.75) is 12.3 Å². The Morgan fingerprint density at radius 2 is 1.35 bits per heavy atom. The second-order valence-corrected chi connectivity index (χ2v) is 6.61. The van der Waals surface area contributed by atoms with Crippen LogP contribution < -0.4 is 4.90 Å². The van der Waals surface area contributed by atoms with Crippen LogP contribution in [-0.2, 0) is 10.2 Å². The number of nitrogens with zero attached hydrogens (tertiary/aromatic N) is 1. The number of likely N-dealkylation sites (N-methyl/N-ethyl adjacent to an activating group) is 1. The Morgan fingerprint density at radius 1 is 0.913 bits per heavy atom. The molecule has 3 heteroatoms. The Hall–Kier alpha value is -2.13. The minimum atomic E-state index is -0.631. The second-order valence-electron chi connectivity index (χ2n) is 6.61. The summed E-state index contributed by atoms with van der Waals surface area (Å²) in [5.41, 5.74) is 1.48. The van der Waals surface area contributed by atoms with E-state index in [1.165, 1.54) is 4.90 Å². The summed E-state index contributed by atoms with van der Waals surface area (Å²) < 4.78 is 0. The van der Waals surface area contributed by atoms with E-state index in [4.69, 9.17) is 0 Å². The summed E-state index contributed by atoms with van der Waals surface area (Å²) in [6.07, 6.45) is 0. The zero-order valence-electron chi connectivity index (χ0n) is 14.0. The number of benzene rings is 2. The molecule has 3 rings (SSSR count). The molecule has 0 unspecified atom stereocenters. The molecule has 0 aromatic heterocycles. The highest BCUT2D eigenvalue weighted by Gasteiger charge is 2.40. The molecule has 1 fully saturated rings. The summed E-state index contributed by atoms with van der Waals surface area (Å²) in [7, 11) is 2.19. The van der Waals surface area contributed by atoms with E-state index in [9.17, 15) is 4.79 Å². The molecule has 0 saturated carbocycles. The Labute approximate surface area is 138 Å². The first kappa shape index (κ1) is 15.8. The quantitative estimate of drug-likeness (QED) is 0.909. The molecule has 1 N–H and O–H groups in total. The number of hydrogen-bond donors (Lipinski definition) is 1. The SMILES string of the molecule is C[NH+]1CCN(C(=O)C(C)(c2ccccc2)c2ccccc2)CC1. The molecule has 0 aliphatic carbocycles. The van der Waals surface area contributed by atoms with Crippen LogP contribution in [-0.4, -0.2) is 44.0 Å². The van der Waals surface area contributed by atoms with Gasteiger partial charge in [0.25, 0.3) is 0 Å². The van der Waals surface area contributed by atoms with Gasteiger partial charge in [0.15, 0.2) is 0 Å². The minimum Gasteiger partial charge on any atom is -0.334 e. The van der Waals surface area contributed by atoms with Crippen LogP contribution >= 0.6 is 0 Å². The molecule has 1 aliphatic heterocycles. The highest BCUT2D eigenvalue weighted by atomic mass is 16.2. The molecule has 1 aliphatic rings. The lowest BCUT2D eigenvalue weighted by Gasteiger charge is -2.38. The van der Waals surface area contributed by atoms with Gasteiger partial charge in [-0.1, -0.05) is 60.7 Å². The monoisotopic (exact) mass is 309 g/mol. The van der Waals surface area contributed by atoms with Gasteiger partial charge in [-0.15, -0.1) is 0 Å². The lowest BCUT2D eigenvalue weighted by Crippen LogP contribution is -3.12. The Balaban J connectivity index is 2.01. The Morgan fingerprint density at radius 3 is 1.78 bits per heavy atom. The number of carbonyl (C=O) groups excluding carboxylic acids is 1. The van der Waals surface area contributed by atoms with Crippen molar-refractivity contribution in [1.82, 2.24) is 4.90 Å². The molecule has 0 radical (unpaired) electrons. The van der Waals surface area contributed by atoms with Crippen molar-refractivity contribution >= 4 is 5.91 Å². The topological polar surface area (TPSA) is 24.8 Å². The molecule has 1 heterocycles. The van der Waals surface area contributed by atoms with Crippen molar-refractivity contribution in [2.24, 2.45) is 0 Å². The highest BCUT2D eigenvalue weighted by Crippen LogP contribution is 2.34. The van der Waals surface area contributed by atoms with Crippen LogP contribution in [0.2, 0.25) is 0 Å². The molecule has 2 aromatic carbocycles. The van der Waals surface area contributed by atoms with Gasteiger partial charge in [0, 0.05) is 0 Å². The average molecular weight is 309 g/mol. The molecular formula is C20H25N2O+.